The summed E-state index contributed by atoms with van der Waals surface area (Å²) < 4.78 is 118. The highest BCUT2D eigenvalue weighted by atomic mass is 19.3. The highest BCUT2D eigenvalue weighted by molar-refractivity contribution is 5.88. The van der Waals surface area contributed by atoms with Crippen LogP contribution in [-0.4, -0.2) is 0 Å². The van der Waals surface area contributed by atoms with Crippen molar-refractivity contribution < 1.29 is 39.9 Å². The van der Waals surface area contributed by atoms with E-state index in [0.717, 1.165) is 42.8 Å². The Kier molecular flexibility index (Phi) is 6.93. The lowest BCUT2D eigenvalue weighted by molar-refractivity contribution is -0.189. The summed E-state index contributed by atoms with van der Waals surface area (Å²) >= 11 is 0. The molecule has 0 spiro atoms. The molecule has 0 aliphatic rings. The van der Waals surface area contributed by atoms with Crippen LogP contribution in [-0.2, 0) is 12.5 Å². The molecular weight excluding hydrogens is 492 g/mol. The van der Waals surface area contributed by atoms with Crippen molar-refractivity contribution in [2.45, 2.75) is 32.3 Å². The number of aryl methyl sites for hydroxylation is 1. The largest absolute Gasteiger partial charge is 0.432 e. The van der Waals surface area contributed by atoms with Crippen LogP contribution in [0.4, 0.5) is 35.1 Å². The Morgan fingerprint density at radius 1 is 0.722 bits per heavy atom. The highest BCUT2D eigenvalue weighted by Crippen LogP contribution is 2.37. The molecule has 0 unspecified atom stereocenters. The maximum atomic E-state index is 14.8. The van der Waals surface area contributed by atoms with Gasteiger partial charge in [0.1, 0.15) is 28.8 Å². The molecule has 36 heavy (non-hydrogen) atoms. The maximum absolute atomic E-state index is 14.8. The van der Waals surface area contributed by atoms with E-state index in [0.29, 0.717) is 18.9 Å². The Balaban J connectivity index is 1.63. The number of rotatable bonds is 7. The Labute approximate surface area is 200 Å². The van der Waals surface area contributed by atoms with Crippen LogP contribution in [0.25, 0.3) is 21.9 Å². The molecule has 0 N–H and O–H groups in total. The van der Waals surface area contributed by atoms with Crippen molar-refractivity contribution in [1.82, 2.24) is 0 Å². The molecule has 0 fully saturated rings. The van der Waals surface area contributed by atoms with Gasteiger partial charge in [0, 0.05) is 17.0 Å². The van der Waals surface area contributed by atoms with Gasteiger partial charge in [-0.25, -0.2) is 26.3 Å². The molecule has 188 valence electrons. The van der Waals surface area contributed by atoms with Gasteiger partial charge in [0.25, 0.3) is 0 Å². The van der Waals surface area contributed by atoms with E-state index >= 15 is 0 Å². The fraction of sp³-hybridized carbons (Fsp3) is 0.185. The normalized spacial score (nSPS) is 11.8. The molecule has 0 saturated carbocycles. The van der Waals surface area contributed by atoms with E-state index in [1.54, 1.807) is 0 Å². The summed E-state index contributed by atoms with van der Waals surface area (Å²) in [6.07, 6.45) is -2.77. The molecule has 0 radical (unpaired) electrons. The van der Waals surface area contributed by atoms with E-state index in [1.807, 2.05) is 6.92 Å². The van der Waals surface area contributed by atoms with Crippen LogP contribution in [0.3, 0.4) is 0 Å². The minimum atomic E-state index is -4.45. The molecular formula is C27H18F8O. The first-order valence-corrected chi connectivity index (χ1v) is 10.9. The lowest BCUT2D eigenvalue weighted by Gasteiger charge is -2.20. The molecule has 9 heteroatoms. The van der Waals surface area contributed by atoms with Crippen LogP contribution < -0.4 is 4.74 Å². The van der Waals surface area contributed by atoms with Gasteiger partial charge in [0.15, 0.2) is 17.5 Å². The maximum Gasteiger partial charge on any atom is 0.432 e. The molecule has 4 aromatic rings. The van der Waals surface area contributed by atoms with Crippen molar-refractivity contribution in [3.8, 4) is 16.9 Å². The van der Waals surface area contributed by atoms with Gasteiger partial charge in [-0.15, -0.1) is 0 Å². The van der Waals surface area contributed by atoms with Crippen LogP contribution in [0.1, 0.15) is 30.9 Å². The van der Waals surface area contributed by atoms with E-state index in [1.165, 1.54) is 12.1 Å². The van der Waals surface area contributed by atoms with Crippen LogP contribution in [0.5, 0.6) is 5.75 Å². The number of benzene rings is 4. The smallest absolute Gasteiger partial charge is 0.429 e. The number of hydrogen-bond donors (Lipinski definition) is 0. The number of alkyl halides is 2. The van der Waals surface area contributed by atoms with Crippen molar-refractivity contribution in [3.05, 3.63) is 101 Å². The molecule has 0 heterocycles. The molecule has 0 bridgehead atoms. The Hall–Kier alpha value is -3.62. The summed E-state index contributed by atoms with van der Waals surface area (Å²) in [5.74, 6) is -9.23. The van der Waals surface area contributed by atoms with Crippen molar-refractivity contribution in [1.29, 1.82) is 0 Å². The fourth-order valence-corrected chi connectivity index (χ4v) is 3.89. The molecule has 0 amide bonds. The summed E-state index contributed by atoms with van der Waals surface area (Å²) in [6.45, 7) is 1.87. The molecule has 0 saturated heterocycles. The van der Waals surface area contributed by atoms with Crippen molar-refractivity contribution >= 4 is 10.8 Å². The zero-order valence-electron chi connectivity index (χ0n) is 18.7. The third-order valence-corrected chi connectivity index (χ3v) is 5.68. The standard InChI is InChI=1S/C27H18F8O/c1-2-3-4-14-9-21(29)24(22(30)10-14)27(34,35)36-17-6-8-18(20(28)13-17)15-5-7-19-16(11-15)12-23(31)26(33)25(19)32/h5-13H,2-4H2,1H3. The number of halogens is 8. The molecule has 4 aromatic carbocycles. The predicted molar refractivity (Wildman–Crippen MR) is 119 cm³/mol. The number of unbranched alkanes of at least 4 members (excludes halogenated alkanes) is 1. The first-order chi connectivity index (χ1) is 17.0. The second-order valence-corrected chi connectivity index (χ2v) is 8.22. The van der Waals surface area contributed by atoms with Gasteiger partial charge in [-0.3, -0.25) is 0 Å². The summed E-state index contributed by atoms with van der Waals surface area (Å²) in [4.78, 5) is 0. The zero-order valence-corrected chi connectivity index (χ0v) is 18.7. The lowest BCUT2D eigenvalue weighted by Crippen LogP contribution is -2.25. The topological polar surface area (TPSA) is 9.23 Å². The second kappa shape index (κ2) is 9.79. The minimum Gasteiger partial charge on any atom is -0.429 e. The molecule has 0 aromatic heterocycles. The van der Waals surface area contributed by atoms with Gasteiger partial charge in [-0.05, 0) is 65.8 Å². The third-order valence-electron chi connectivity index (χ3n) is 5.68. The van der Waals surface area contributed by atoms with Crippen LogP contribution in [0, 0.1) is 34.9 Å². The van der Waals surface area contributed by atoms with E-state index in [9.17, 15) is 35.1 Å². The van der Waals surface area contributed by atoms with Gasteiger partial charge in [-0.1, -0.05) is 25.5 Å². The summed E-state index contributed by atoms with van der Waals surface area (Å²) in [5.41, 5.74) is -1.41. The second-order valence-electron chi connectivity index (χ2n) is 8.22. The van der Waals surface area contributed by atoms with E-state index < -0.39 is 52.3 Å². The van der Waals surface area contributed by atoms with Gasteiger partial charge >= 0.3 is 6.11 Å². The van der Waals surface area contributed by atoms with Crippen LogP contribution >= 0.6 is 0 Å². The third kappa shape index (κ3) is 4.87. The highest BCUT2D eigenvalue weighted by Gasteiger charge is 2.41. The van der Waals surface area contributed by atoms with Crippen molar-refractivity contribution in [3.63, 3.8) is 0 Å². The molecule has 4 rings (SSSR count). The fourth-order valence-electron chi connectivity index (χ4n) is 3.89. The molecule has 0 aliphatic carbocycles. The first kappa shape index (κ1) is 25.5. The predicted octanol–water partition coefficient (Wildman–Crippen LogP) is 8.81. The van der Waals surface area contributed by atoms with Crippen LogP contribution in [0.15, 0.2) is 54.6 Å². The van der Waals surface area contributed by atoms with Gasteiger partial charge in [0.05, 0.1) is 0 Å². The van der Waals surface area contributed by atoms with E-state index in [-0.39, 0.29) is 27.5 Å². The summed E-state index contributed by atoms with van der Waals surface area (Å²) in [6, 6.07) is 8.51. The number of fused-ring (bicyclic) bond motifs is 1. The van der Waals surface area contributed by atoms with Crippen molar-refractivity contribution in [2.75, 3.05) is 0 Å². The summed E-state index contributed by atoms with van der Waals surface area (Å²) in [7, 11) is 0. The average molecular weight is 510 g/mol. The lowest BCUT2D eigenvalue weighted by atomic mass is 10.00. The van der Waals surface area contributed by atoms with E-state index in [4.69, 9.17) is 0 Å². The zero-order chi connectivity index (χ0) is 26.2. The molecule has 0 aliphatic heterocycles. The quantitative estimate of drug-likeness (QED) is 0.178. The van der Waals surface area contributed by atoms with Gasteiger partial charge < -0.3 is 4.74 Å². The molecule has 0 atom stereocenters. The van der Waals surface area contributed by atoms with Gasteiger partial charge in [0.2, 0.25) is 0 Å². The van der Waals surface area contributed by atoms with Gasteiger partial charge in [-0.2, -0.15) is 8.78 Å². The Morgan fingerprint density at radius 3 is 2.06 bits per heavy atom. The number of ether oxygens (including phenoxy) is 1. The average Bonchev–Trinajstić information content (AvgIpc) is 2.80. The molecule has 1 nitrogen and oxygen atoms in total. The van der Waals surface area contributed by atoms with Crippen LogP contribution in [0.2, 0.25) is 0 Å². The minimum absolute atomic E-state index is 0.0523. The first-order valence-electron chi connectivity index (χ1n) is 10.9. The number of hydrogen-bond acceptors (Lipinski definition) is 1. The Morgan fingerprint density at radius 2 is 1.42 bits per heavy atom. The summed E-state index contributed by atoms with van der Waals surface area (Å²) in [5, 5.41) is -0.286. The van der Waals surface area contributed by atoms with Crippen molar-refractivity contribution in [2.24, 2.45) is 0 Å². The van der Waals surface area contributed by atoms with E-state index in [2.05, 4.69) is 4.74 Å². The Bertz CT molecular complexity index is 1420. The monoisotopic (exact) mass is 510 g/mol. The SMILES string of the molecule is CCCCc1cc(F)c(C(F)(F)Oc2ccc(-c3ccc4c(F)c(F)c(F)cc4c3)c(F)c2)c(F)c1.